The standard InChI is InChI=1S/C14H14N2OS/c1-17-11-7-5-10(6-8-11)9-18-14-15-12-3-2-4-13(12)16-14/h3,5-8H,2,4,9H2,1H3. The van der Waals surface area contributed by atoms with Crippen molar-refractivity contribution < 1.29 is 4.74 Å². The maximum atomic E-state index is 5.14. The maximum absolute atomic E-state index is 5.14. The average Bonchev–Trinajstić information content (AvgIpc) is 2.97. The van der Waals surface area contributed by atoms with Crippen LogP contribution in [-0.2, 0) is 5.75 Å². The summed E-state index contributed by atoms with van der Waals surface area (Å²) >= 11 is 1.69. The van der Waals surface area contributed by atoms with E-state index in [4.69, 9.17) is 4.74 Å². The molecule has 18 heavy (non-hydrogen) atoms. The Bertz CT molecular complexity index is 543. The van der Waals surface area contributed by atoms with Crippen LogP contribution in [0.25, 0.3) is 0 Å². The fourth-order valence-corrected chi connectivity index (χ4v) is 2.82. The number of hydrogen-bond donors (Lipinski definition) is 0. The third-order valence-corrected chi connectivity index (χ3v) is 3.91. The van der Waals surface area contributed by atoms with Crippen LogP contribution in [0.2, 0.25) is 0 Å². The molecule has 1 aliphatic carbocycles. The van der Waals surface area contributed by atoms with Gasteiger partial charge in [0.15, 0.2) is 5.17 Å². The molecule has 1 aromatic rings. The van der Waals surface area contributed by atoms with Crippen LogP contribution in [0.5, 0.6) is 5.75 Å². The van der Waals surface area contributed by atoms with E-state index >= 15 is 0 Å². The lowest BCUT2D eigenvalue weighted by Crippen LogP contribution is -1.90. The van der Waals surface area contributed by atoms with Gasteiger partial charge in [0.25, 0.3) is 0 Å². The summed E-state index contributed by atoms with van der Waals surface area (Å²) in [5.41, 5.74) is 3.51. The molecule has 0 amide bonds. The number of allylic oxidation sites excluding steroid dienone is 2. The third kappa shape index (κ3) is 2.34. The molecule has 1 aromatic carbocycles. The lowest BCUT2D eigenvalue weighted by atomic mass is 10.2. The van der Waals surface area contributed by atoms with E-state index in [-0.39, 0.29) is 0 Å². The van der Waals surface area contributed by atoms with Gasteiger partial charge in [0.2, 0.25) is 0 Å². The third-order valence-electron chi connectivity index (χ3n) is 2.99. The largest absolute Gasteiger partial charge is 0.497 e. The van der Waals surface area contributed by atoms with E-state index in [1.807, 2.05) is 12.1 Å². The molecule has 0 atom stereocenters. The molecule has 3 rings (SSSR count). The highest BCUT2D eigenvalue weighted by molar-refractivity contribution is 8.13. The molecule has 0 unspecified atom stereocenters. The van der Waals surface area contributed by atoms with Gasteiger partial charge in [-0.25, -0.2) is 9.98 Å². The van der Waals surface area contributed by atoms with Crippen molar-refractivity contribution in [1.82, 2.24) is 0 Å². The molecule has 4 heteroatoms. The number of benzene rings is 1. The Kier molecular flexibility index (Phi) is 3.19. The van der Waals surface area contributed by atoms with E-state index in [1.165, 1.54) is 5.56 Å². The second kappa shape index (κ2) is 4.98. The van der Waals surface area contributed by atoms with Gasteiger partial charge in [-0.3, -0.25) is 0 Å². The SMILES string of the molecule is COc1ccc(CSC2=NC3=CCCC3=N2)cc1. The second-order valence-corrected chi connectivity index (χ2v) is 5.16. The number of amidine groups is 1. The molecule has 1 heterocycles. The highest BCUT2D eigenvalue weighted by atomic mass is 32.2. The molecule has 92 valence electrons. The van der Waals surface area contributed by atoms with E-state index in [9.17, 15) is 0 Å². The summed E-state index contributed by atoms with van der Waals surface area (Å²) in [6.45, 7) is 0. The van der Waals surface area contributed by atoms with E-state index in [1.54, 1.807) is 18.9 Å². The zero-order chi connectivity index (χ0) is 12.4. The molecule has 0 spiro atoms. The fourth-order valence-electron chi connectivity index (χ4n) is 1.99. The van der Waals surface area contributed by atoms with Crippen molar-refractivity contribution in [3.63, 3.8) is 0 Å². The summed E-state index contributed by atoms with van der Waals surface area (Å²) < 4.78 is 5.14. The molecule has 1 aliphatic heterocycles. The summed E-state index contributed by atoms with van der Waals surface area (Å²) in [5.74, 6) is 1.79. The summed E-state index contributed by atoms with van der Waals surface area (Å²) in [5, 5.41) is 0.895. The Balaban J connectivity index is 1.62. The topological polar surface area (TPSA) is 34.0 Å². The number of aliphatic imine (C=N–C) groups is 2. The quantitative estimate of drug-likeness (QED) is 0.832. The van der Waals surface area contributed by atoms with Gasteiger partial charge in [-0.15, -0.1) is 0 Å². The van der Waals surface area contributed by atoms with Crippen LogP contribution in [0.4, 0.5) is 0 Å². The second-order valence-electron chi connectivity index (χ2n) is 4.22. The maximum Gasteiger partial charge on any atom is 0.188 e. The van der Waals surface area contributed by atoms with Crippen molar-refractivity contribution in [1.29, 1.82) is 0 Å². The predicted molar refractivity (Wildman–Crippen MR) is 76.5 cm³/mol. The summed E-state index contributed by atoms with van der Waals surface area (Å²) in [6, 6.07) is 8.12. The monoisotopic (exact) mass is 258 g/mol. The summed E-state index contributed by atoms with van der Waals surface area (Å²) in [4.78, 5) is 9.05. The molecule has 3 nitrogen and oxygen atoms in total. The van der Waals surface area contributed by atoms with Gasteiger partial charge in [0.05, 0.1) is 18.5 Å². The van der Waals surface area contributed by atoms with Gasteiger partial charge in [-0.2, -0.15) is 0 Å². The van der Waals surface area contributed by atoms with E-state index < -0.39 is 0 Å². The van der Waals surface area contributed by atoms with E-state index in [0.29, 0.717) is 0 Å². The molecule has 2 aliphatic rings. The first-order valence-electron chi connectivity index (χ1n) is 5.97. The van der Waals surface area contributed by atoms with Crippen molar-refractivity contribution in [2.24, 2.45) is 9.98 Å². The van der Waals surface area contributed by atoms with Gasteiger partial charge in [0.1, 0.15) is 5.75 Å². The van der Waals surface area contributed by atoms with E-state index in [0.717, 1.165) is 40.9 Å². The number of fused-ring (bicyclic) bond motifs is 1. The van der Waals surface area contributed by atoms with Gasteiger partial charge in [-0.1, -0.05) is 30.0 Å². The number of hydrogen-bond acceptors (Lipinski definition) is 4. The van der Waals surface area contributed by atoms with E-state index in [2.05, 4.69) is 28.2 Å². The van der Waals surface area contributed by atoms with Crippen molar-refractivity contribution in [2.75, 3.05) is 7.11 Å². The molecule has 0 N–H and O–H groups in total. The number of thioether (sulfide) groups is 1. The highest BCUT2D eigenvalue weighted by Gasteiger charge is 2.19. The Hall–Kier alpha value is -1.55. The molecule has 0 bridgehead atoms. The first-order chi connectivity index (χ1) is 8.85. The molecule has 0 radical (unpaired) electrons. The van der Waals surface area contributed by atoms with Crippen LogP contribution >= 0.6 is 11.8 Å². The predicted octanol–water partition coefficient (Wildman–Crippen LogP) is 3.42. The Morgan fingerprint density at radius 3 is 2.78 bits per heavy atom. The molecule has 0 saturated heterocycles. The summed E-state index contributed by atoms with van der Waals surface area (Å²) in [7, 11) is 1.68. The fraction of sp³-hybridized carbons (Fsp3) is 0.286. The number of nitrogens with zero attached hydrogens (tertiary/aromatic N) is 2. The normalized spacial score (nSPS) is 17.1. The van der Waals surface area contributed by atoms with Crippen molar-refractivity contribution >= 4 is 22.6 Å². The Morgan fingerprint density at radius 2 is 2.06 bits per heavy atom. The van der Waals surface area contributed by atoms with Gasteiger partial charge in [0, 0.05) is 5.75 Å². The Labute approximate surface area is 111 Å². The van der Waals surface area contributed by atoms with Crippen LogP contribution in [0.15, 0.2) is 46.0 Å². The lowest BCUT2D eigenvalue weighted by molar-refractivity contribution is 0.414. The van der Waals surface area contributed by atoms with Crippen molar-refractivity contribution in [3.05, 3.63) is 41.6 Å². The highest BCUT2D eigenvalue weighted by Crippen LogP contribution is 2.27. The minimum atomic E-state index is 0.891. The average molecular weight is 258 g/mol. The van der Waals surface area contributed by atoms with Crippen molar-refractivity contribution in [2.45, 2.75) is 18.6 Å². The molecular weight excluding hydrogens is 244 g/mol. The zero-order valence-corrected chi connectivity index (χ0v) is 11.0. The number of rotatable bonds is 3. The van der Waals surface area contributed by atoms with Crippen LogP contribution in [0.3, 0.4) is 0 Å². The minimum Gasteiger partial charge on any atom is -0.497 e. The van der Waals surface area contributed by atoms with Gasteiger partial charge < -0.3 is 4.74 Å². The van der Waals surface area contributed by atoms with Crippen LogP contribution < -0.4 is 4.74 Å². The lowest BCUT2D eigenvalue weighted by Gasteiger charge is -2.02. The Morgan fingerprint density at radius 1 is 1.22 bits per heavy atom. The van der Waals surface area contributed by atoms with Crippen LogP contribution in [-0.4, -0.2) is 18.0 Å². The van der Waals surface area contributed by atoms with Crippen LogP contribution in [0, 0.1) is 0 Å². The number of methoxy groups -OCH3 is 1. The van der Waals surface area contributed by atoms with Crippen LogP contribution in [0.1, 0.15) is 18.4 Å². The zero-order valence-electron chi connectivity index (χ0n) is 10.2. The first kappa shape index (κ1) is 11.5. The van der Waals surface area contributed by atoms with Gasteiger partial charge >= 0.3 is 0 Å². The van der Waals surface area contributed by atoms with Gasteiger partial charge in [-0.05, 0) is 30.5 Å². The molecule has 0 aromatic heterocycles. The smallest absolute Gasteiger partial charge is 0.188 e. The minimum absolute atomic E-state index is 0.891. The van der Waals surface area contributed by atoms with Crippen molar-refractivity contribution in [3.8, 4) is 5.75 Å². The number of ether oxygens (including phenoxy) is 1. The molecular formula is C14H14N2OS. The molecule has 0 saturated carbocycles. The summed E-state index contributed by atoms with van der Waals surface area (Å²) in [6.07, 6.45) is 4.30. The molecule has 0 fully saturated rings. The first-order valence-corrected chi connectivity index (χ1v) is 6.96.